The van der Waals surface area contributed by atoms with E-state index in [0.717, 1.165) is 11.3 Å². The van der Waals surface area contributed by atoms with Crippen LogP contribution < -0.4 is 10.7 Å². The molecule has 1 atom stereocenters. The van der Waals surface area contributed by atoms with E-state index in [4.69, 9.17) is 9.15 Å². The maximum absolute atomic E-state index is 14.7. The van der Waals surface area contributed by atoms with E-state index in [1.54, 1.807) is 45.0 Å². The molecule has 38 heavy (non-hydrogen) atoms. The van der Waals surface area contributed by atoms with Crippen LogP contribution in [0.1, 0.15) is 55.4 Å². The van der Waals surface area contributed by atoms with E-state index in [9.17, 15) is 14.0 Å². The number of pyridine rings is 1. The van der Waals surface area contributed by atoms with Crippen molar-refractivity contribution in [2.75, 3.05) is 5.32 Å². The molecule has 1 N–H and O–H groups in total. The number of nitrogens with one attached hydrogen (secondary N) is 1. The minimum Gasteiger partial charge on any atom is -0.456 e. The molecule has 3 heterocycles. The standard InChI is InChI=1S/C30H28FN3O4/c1-17-15-34-16-19(10-11-27(34)32-17)26-14-25(35)23-13-20(31)12-22(28(23)37-26)18(2)33-24-9-7-6-8-21(24)29(36)38-30(3,4)5/h6-16,18,33H,1-5H3. The molecule has 0 aliphatic rings. The highest BCUT2D eigenvalue weighted by Crippen LogP contribution is 2.31. The number of benzene rings is 2. The lowest BCUT2D eigenvalue weighted by Gasteiger charge is -2.22. The second-order valence-corrected chi connectivity index (χ2v) is 10.3. The third-order valence-electron chi connectivity index (χ3n) is 6.06. The van der Waals surface area contributed by atoms with E-state index in [1.165, 1.54) is 18.2 Å². The average Bonchev–Trinajstić information content (AvgIpc) is 3.22. The molecule has 7 nitrogen and oxygen atoms in total. The zero-order chi connectivity index (χ0) is 27.2. The number of ether oxygens (including phenoxy) is 1. The lowest BCUT2D eigenvalue weighted by Crippen LogP contribution is -2.24. The maximum Gasteiger partial charge on any atom is 0.340 e. The van der Waals surface area contributed by atoms with E-state index < -0.39 is 23.4 Å². The summed E-state index contributed by atoms with van der Waals surface area (Å²) in [4.78, 5) is 30.3. The van der Waals surface area contributed by atoms with Gasteiger partial charge < -0.3 is 18.9 Å². The first-order valence-corrected chi connectivity index (χ1v) is 12.3. The quantitative estimate of drug-likeness (QED) is 0.264. The number of halogens is 1. The third-order valence-corrected chi connectivity index (χ3v) is 6.06. The number of anilines is 1. The Hall–Kier alpha value is -4.46. The SMILES string of the molecule is Cc1cn2cc(-c3cc(=O)c4cc(F)cc(C(C)Nc5ccccc5C(=O)OC(C)(C)C)c4o3)ccc2n1. The van der Waals surface area contributed by atoms with Crippen LogP contribution in [0.4, 0.5) is 10.1 Å². The number of aromatic nitrogens is 2. The van der Waals surface area contributed by atoms with Crippen LogP contribution in [0.5, 0.6) is 0 Å². The summed E-state index contributed by atoms with van der Waals surface area (Å²) in [5.41, 5.74) is 2.89. The molecule has 1 unspecified atom stereocenters. The number of fused-ring (bicyclic) bond motifs is 2. The normalized spacial score (nSPS) is 12.6. The largest absolute Gasteiger partial charge is 0.456 e. The molecule has 0 fully saturated rings. The minimum atomic E-state index is -0.660. The molecule has 0 aliphatic carbocycles. The van der Waals surface area contributed by atoms with E-state index >= 15 is 0 Å². The number of carbonyl (C=O) groups excluding carboxylic acids is 1. The summed E-state index contributed by atoms with van der Waals surface area (Å²) in [5.74, 6) is -0.683. The number of nitrogens with zero attached hydrogens (tertiary/aromatic N) is 2. The van der Waals surface area contributed by atoms with Crippen LogP contribution >= 0.6 is 0 Å². The fourth-order valence-corrected chi connectivity index (χ4v) is 4.41. The van der Waals surface area contributed by atoms with Gasteiger partial charge in [0.25, 0.3) is 0 Å². The highest BCUT2D eigenvalue weighted by molar-refractivity contribution is 5.96. The van der Waals surface area contributed by atoms with Crippen LogP contribution in [-0.4, -0.2) is 21.0 Å². The van der Waals surface area contributed by atoms with Gasteiger partial charge in [-0.05, 0) is 71.0 Å². The van der Waals surface area contributed by atoms with Gasteiger partial charge in [-0.3, -0.25) is 4.79 Å². The number of para-hydroxylation sites is 1. The summed E-state index contributed by atoms with van der Waals surface area (Å²) in [7, 11) is 0. The van der Waals surface area contributed by atoms with Crippen molar-refractivity contribution >= 4 is 28.3 Å². The topological polar surface area (TPSA) is 85.8 Å². The number of aryl methyl sites for hydroxylation is 1. The van der Waals surface area contributed by atoms with Gasteiger partial charge in [-0.25, -0.2) is 14.2 Å². The Labute approximate surface area is 218 Å². The first-order valence-electron chi connectivity index (χ1n) is 12.3. The highest BCUT2D eigenvalue weighted by Gasteiger charge is 2.22. The summed E-state index contributed by atoms with van der Waals surface area (Å²) in [6.45, 7) is 9.11. The lowest BCUT2D eigenvalue weighted by molar-refractivity contribution is 0.00706. The molecule has 194 valence electrons. The summed E-state index contributed by atoms with van der Waals surface area (Å²) < 4.78 is 28.3. The molecule has 0 aliphatic heterocycles. The number of imidazole rings is 1. The van der Waals surface area contributed by atoms with Crippen LogP contribution in [0.3, 0.4) is 0 Å². The maximum atomic E-state index is 14.7. The minimum absolute atomic E-state index is 0.136. The van der Waals surface area contributed by atoms with E-state index in [-0.39, 0.29) is 16.4 Å². The van der Waals surface area contributed by atoms with Crippen LogP contribution in [-0.2, 0) is 4.74 Å². The summed E-state index contributed by atoms with van der Waals surface area (Å²) >= 11 is 0. The van der Waals surface area contributed by atoms with Gasteiger partial charge in [-0.2, -0.15) is 0 Å². The molecule has 0 bridgehead atoms. The molecule has 2 aromatic carbocycles. The number of carbonyl (C=O) groups is 1. The van der Waals surface area contributed by atoms with Crippen molar-refractivity contribution in [2.45, 2.75) is 46.3 Å². The van der Waals surface area contributed by atoms with Gasteiger partial charge in [-0.15, -0.1) is 0 Å². The second kappa shape index (κ2) is 9.45. The Morgan fingerprint density at radius 1 is 1.11 bits per heavy atom. The van der Waals surface area contributed by atoms with Gasteiger partial charge in [0.05, 0.1) is 22.7 Å². The van der Waals surface area contributed by atoms with Gasteiger partial charge in [0.2, 0.25) is 0 Å². The summed E-state index contributed by atoms with van der Waals surface area (Å²) in [6.07, 6.45) is 3.72. The van der Waals surface area contributed by atoms with Crippen molar-refractivity contribution in [2.24, 2.45) is 0 Å². The fraction of sp³-hybridized carbons (Fsp3) is 0.233. The molecular weight excluding hydrogens is 485 g/mol. The van der Waals surface area contributed by atoms with Crippen LogP contribution in [0.2, 0.25) is 0 Å². The van der Waals surface area contributed by atoms with Crippen LogP contribution in [0.25, 0.3) is 27.9 Å². The Morgan fingerprint density at radius 2 is 1.87 bits per heavy atom. The predicted octanol–water partition coefficient (Wildman–Crippen LogP) is 6.68. The second-order valence-electron chi connectivity index (χ2n) is 10.3. The van der Waals surface area contributed by atoms with Gasteiger partial charge in [0.1, 0.15) is 28.4 Å². The highest BCUT2D eigenvalue weighted by atomic mass is 19.1. The van der Waals surface area contributed by atoms with Gasteiger partial charge in [0, 0.05) is 35.3 Å². The van der Waals surface area contributed by atoms with Crippen molar-refractivity contribution in [3.8, 4) is 11.3 Å². The summed E-state index contributed by atoms with van der Waals surface area (Å²) in [6, 6.07) is 14.0. The van der Waals surface area contributed by atoms with Crippen LogP contribution in [0, 0.1) is 12.7 Å². The molecule has 0 saturated heterocycles. The van der Waals surface area contributed by atoms with Crippen molar-refractivity contribution in [3.05, 3.63) is 99.9 Å². The Balaban J connectivity index is 1.57. The molecule has 8 heteroatoms. The van der Waals surface area contributed by atoms with Crippen molar-refractivity contribution in [3.63, 3.8) is 0 Å². The number of esters is 1. The Morgan fingerprint density at radius 3 is 2.63 bits per heavy atom. The average molecular weight is 514 g/mol. The Kier molecular flexibility index (Phi) is 6.26. The lowest BCUT2D eigenvalue weighted by atomic mass is 10.0. The molecular formula is C30H28FN3O4. The van der Waals surface area contributed by atoms with Crippen LogP contribution in [0.15, 0.2) is 76.2 Å². The monoisotopic (exact) mass is 513 g/mol. The molecule has 0 spiro atoms. The molecule has 0 amide bonds. The first-order chi connectivity index (χ1) is 18.0. The van der Waals surface area contributed by atoms with Gasteiger partial charge >= 0.3 is 5.97 Å². The molecule has 3 aromatic heterocycles. The van der Waals surface area contributed by atoms with Gasteiger partial charge in [-0.1, -0.05) is 12.1 Å². The number of hydrogen-bond acceptors (Lipinski definition) is 6. The van der Waals surface area contributed by atoms with E-state index in [1.807, 2.05) is 42.8 Å². The Bertz CT molecular complexity index is 1750. The smallest absolute Gasteiger partial charge is 0.340 e. The molecule has 5 aromatic rings. The van der Waals surface area contributed by atoms with E-state index in [2.05, 4.69) is 10.3 Å². The fourth-order valence-electron chi connectivity index (χ4n) is 4.41. The predicted molar refractivity (Wildman–Crippen MR) is 145 cm³/mol. The van der Waals surface area contributed by atoms with Crippen molar-refractivity contribution < 1.29 is 18.3 Å². The summed E-state index contributed by atoms with van der Waals surface area (Å²) in [5, 5.41) is 3.41. The molecule has 5 rings (SSSR count). The number of hydrogen-bond donors (Lipinski definition) is 1. The molecule has 0 radical (unpaired) electrons. The first kappa shape index (κ1) is 25.2. The zero-order valence-electron chi connectivity index (χ0n) is 21.8. The van der Waals surface area contributed by atoms with Crippen molar-refractivity contribution in [1.29, 1.82) is 0 Å². The van der Waals surface area contributed by atoms with Gasteiger partial charge in [0.15, 0.2) is 5.43 Å². The number of rotatable bonds is 5. The third kappa shape index (κ3) is 5.02. The molecule has 0 saturated carbocycles. The zero-order valence-corrected chi connectivity index (χ0v) is 21.8. The van der Waals surface area contributed by atoms with Crippen molar-refractivity contribution in [1.82, 2.24) is 9.38 Å². The van der Waals surface area contributed by atoms with E-state index in [0.29, 0.717) is 28.1 Å².